The van der Waals surface area contributed by atoms with E-state index in [1.165, 1.54) is 0 Å². The Morgan fingerprint density at radius 2 is 1.68 bits per heavy atom. The van der Waals surface area contributed by atoms with Crippen LogP contribution in [-0.2, 0) is 0 Å². The van der Waals surface area contributed by atoms with Gasteiger partial charge in [0.15, 0.2) is 5.78 Å². The third-order valence-corrected chi connectivity index (χ3v) is 3.90. The summed E-state index contributed by atoms with van der Waals surface area (Å²) in [7, 11) is 0. The van der Waals surface area contributed by atoms with E-state index in [0.29, 0.717) is 5.82 Å². The summed E-state index contributed by atoms with van der Waals surface area (Å²) in [6.07, 6.45) is 0. The summed E-state index contributed by atoms with van der Waals surface area (Å²) in [5.41, 5.74) is 10.5. The van der Waals surface area contributed by atoms with E-state index in [1.54, 1.807) is 0 Å². The second kappa shape index (κ2) is 4.27. The number of hydrogen-bond acceptors (Lipinski definition) is 2. The van der Waals surface area contributed by atoms with E-state index in [1.807, 2.05) is 42.5 Å². The molecule has 0 atom stereocenters. The molecule has 0 spiro atoms. The highest BCUT2D eigenvalue weighted by Crippen LogP contribution is 2.22. The molecular weight excluding hydrogens is 233 g/mol. The maximum Gasteiger partial charge on any atom is 0.216 e. The Labute approximate surface area is 113 Å². The highest BCUT2D eigenvalue weighted by atomic mass is 16.1. The van der Waals surface area contributed by atoms with Gasteiger partial charge in [0.05, 0.1) is 0 Å². The number of carbonyl (C=O) groups is 1. The number of ketones is 1. The molecule has 2 N–H and O–H groups in total. The van der Waals surface area contributed by atoms with Crippen LogP contribution in [0.5, 0.6) is 0 Å². The highest BCUT2D eigenvalue weighted by Gasteiger charge is 2.36. The Bertz CT molecular complexity index is 664. The van der Waals surface area contributed by atoms with Crippen LogP contribution in [0.2, 0.25) is 5.82 Å². The van der Waals surface area contributed by atoms with Crippen molar-refractivity contribution in [3.8, 4) is 0 Å². The van der Waals surface area contributed by atoms with E-state index in [9.17, 15) is 4.79 Å². The molecule has 1 aliphatic heterocycles. The first-order valence-electron chi connectivity index (χ1n) is 6.63. The van der Waals surface area contributed by atoms with Crippen LogP contribution in [0.1, 0.15) is 29.8 Å². The van der Waals surface area contributed by atoms with Crippen molar-refractivity contribution >= 4 is 29.1 Å². The van der Waals surface area contributed by atoms with Crippen LogP contribution in [0.15, 0.2) is 42.5 Å². The summed E-state index contributed by atoms with van der Waals surface area (Å²) in [5.74, 6) is 0.493. The topological polar surface area (TPSA) is 43.1 Å². The third-order valence-electron chi connectivity index (χ3n) is 3.90. The monoisotopic (exact) mass is 249 g/mol. The van der Waals surface area contributed by atoms with Crippen LogP contribution in [0.4, 0.5) is 5.69 Å². The van der Waals surface area contributed by atoms with E-state index in [0.717, 1.165) is 27.7 Å². The average molecular weight is 249 g/mol. The summed E-state index contributed by atoms with van der Waals surface area (Å²) in [4.78, 5) is 12.6. The predicted molar refractivity (Wildman–Crippen MR) is 80.8 cm³/mol. The molecule has 0 bridgehead atoms. The lowest BCUT2D eigenvalue weighted by molar-refractivity contribution is 0.104. The van der Waals surface area contributed by atoms with Gasteiger partial charge >= 0.3 is 0 Å². The van der Waals surface area contributed by atoms with Gasteiger partial charge in [-0.1, -0.05) is 61.5 Å². The molecule has 2 aromatic carbocycles. The van der Waals surface area contributed by atoms with Crippen LogP contribution in [0.3, 0.4) is 0 Å². The predicted octanol–water partition coefficient (Wildman–Crippen LogP) is 1.83. The Morgan fingerprint density at radius 3 is 2.42 bits per heavy atom. The van der Waals surface area contributed by atoms with Gasteiger partial charge < -0.3 is 5.73 Å². The standard InChI is InChI=1S/C16H16BNO/c1-10(2)17-13-8-4-3-6-11(13)16(19)12-7-5-9-14(18)15(12)17/h3-10H,18H2,1-2H3. The minimum atomic E-state index is 0.0924. The molecule has 0 fully saturated rings. The van der Waals surface area contributed by atoms with Gasteiger partial charge in [-0.3, -0.25) is 4.79 Å². The molecule has 1 heterocycles. The zero-order valence-corrected chi connectivity index (χ0v) is 11.2. The van der Waals surface area contributed by atoms with Crippen molar-refractivity contribution in [3.63, 3.8) is 0 Å². The molecule has 3 rings (SSSR count). The molecule has 0 saturated heterocycles. The SMILES string of the molecule is CC(C)B1c2ccccc2C(=O)c2cccc(N)c21. The van der Waals surface area contributed by atoms with Crippen molar-refractivity contribution in [1.82, 2.24) is 0 Å². The lowest BCUT2D eigenvalue weighted by Gasteiger charge is -2.28. The van der Waals surface area contributed by atoms with Gasteiger partial charge in [0, 0.05) is 16.8 Å². The zero-order valence-electron chi connectivity index (χ0n) is 11.2. The Kier molecular flexibility index (Phi) is 2.70. The van der Waals surface area contributed by atoms with E-state index < -0.39 is 0 Å². The van der Waals surface area contributed by atoms with Crippen molar-refractivity contribution in [2.24, 2.45) is 0 Å². The minimum Gasteiger partial charge on any atom is -0.399 e. The second-order valence-corrected chi connectivity index (χ2v) is 5.45. The van der Waals surface area contributed by atoms with E-state index >= 15 is 0 Å². The molecule has 0 radical (unpaired) electrons. The fourth-order valence-corrected chi connectivity index (χ4v) is 3.10. The molecule has 0 saturated carbocycles. The second-order valence-electron chi connectivity index (χ2n) is 5.45. The molecule has 19 heavy (non-hydrogen) atoms. The van der Waals surface area contributed by atoms with Gasteiger partial charge in [-0.05, 0) is 11.5 Å². The number of hydrogen-bond donors (Lipinski definition) is 1. The van der Waals surface area contributed by atoms with Crippen molar-refractivity contribution in [2.45, 2.75) is 19.7 Å². The first kappa shape index (κ1) is 12.0. The lowest BCUT2D eigenvalue weighted by atomic mass is 9.31. The zero-order chi connectivity index (χ0) is 13.6. The number of benzene rings is 2. The van der Waals surface area contributed by atoms with E-state index in [4.69, 9.17) is 5.73 Å². The largest absolute Gasteiger partial charge is 0.399 e. The Morgan fingerprint density at radius 1 is 1.00 bits per heavy atom. The Hall–Kier alpha value is -2.03. The van der Waals surface area contributed by atoms with Crippen molar-refractivity contribution in [1.29, 1.82) is 0 Å². The van der Waals surface area contributed by atoms with Crippen molar-refractivity contribution in [2.75, 3.05) is 5.73 Å². The normalized spacial score (nSPS) is 13.4. The molecule has 94 valence electrons. The number of fused-ring (bicyclic) bond motifs is 2. The average Bonchev–Trinajstić information content (AvgIpc) is 2.40. The maximum atomic E-state index is 12.6. The van der Waals surface area contributed by atoms with Gasteiger partial charge in [-0.25, -0.2) is 0 Å². The molecule has 1 aliphatic rings. The number of nitrogen functional groups attached to an aromatic ring is 1. The van der Waals surface area contributed by atoms with Gasteiger partial charge in [-0.15, -0.1) is 0 Å². The summed E-state index contributed by atoms with van der Waals surface area (Å²) in [6.45, 7) is 4.55. The number of anilines is 1. The molecule has 0 amide bonds. The molecule has 0 unspecified atom stereocenters. The summed E-state index contributed by atoms with van der Waals surface area (Å²) >= 11 is 0. The quantitative estimate of drug-likeness (QED) is 0.619. The first-order valence-corrected chi connectivity index (χ1v) is 6.63. The maximum absolute atomic E-state index is 12.6. The fourth-order valence-electron chi connectivity index (χ4n) is 3.10. The lowest BCUT2D eigenvalue weighted by Crippen LogP contribution is -2.53. The van der Waals surface area contributed by atoms with E-state index in [2.05, 4.69) is 13.8 Å². The van der Waals surface area contributed by atoms with Gasteiger partial charge in [0.1, 0.15) is 0 Å². The molecule has 3 heteroatoms. The van der Waals surface area contributed by atoms with E-state index in [-0.39, 0.29) is 12.5 Å². The van der Waals surface area contributed by atoms with Gasteiger partial charge in [0.25, 0.3) is 0 Å². The highest BCUT2D eigenvalue weighted by molar-refractivity contribution is 6.90. The molecule has 0 aromatic heterocycles. The first-order chi connectivity index (χ1) is 9.11. The van der Waals surface area contributed by atoms with Crippen molar-refractivity contribution < 1.29 is 4.79 Å². The molecule has 0 aliphatic carbocycles. The van der Waals surface area contributed by atoms with Gasteiger partial charge in [-0.2, -0.15) is 0 Å². The summed E-state index contributed by atoms with van der Waals surface area (Å²) in [6, 6.07) is 13.5. The number of nitrogens with two attached hydrogens (primary N) is 1. The number of rotatable bonds is 1. The van der Waals surface area contributed by atoms with Gasteiger partial charge in [0.2, 0.25) is 6.71 Å². The van der Waals surface area contributed by atoms with Crippen LogP contribution >= 0.6 is 0 Å². The van der Waals surface area contributed by atoms with Crippen LogP contribution in [0.25, 0.3) is 0 Å². The molecule has 2 aromatic rings. The summed E-state index contributed by atoms with van der Waals surface area (Å²) < 4.78 is 0. The molecule has 2 nitrogen and oxygen atoms in total. The Balaban J connectivity index is 2.34. The van der Waals surface area contributed by atoms with Crippen molar-refractivity contribution in [3.05, 3.63) is 53.6 Å². The summed E-state index contributed by atoms with van der Waals surface area (Å²) in [5, 5.41) is 0. The smallest absolute Gasteiger partial charge is 0.216 e. The minimum absolute atomic E-state index is 0.0924. The van der Waals surface area contributed by atoms with Crippen LogP contribution < -0.4 is 16.7 Å². The number of carbonyl (C=O) groups excluding carboxylic acids is 1. The molecular formula is C16H16BNO. The van der Waals surface area contributed by atoms with Crippen LogP contribution in [0, 0.1) is 0 Å². The van der Waals surface area contributed by atoms with Crippen LogP contribution in [-0.4, -0.2) is 12.5 Å². The third kappa shape index (κ3) is 1.69. The fraction of sp³-hybridized carbons (Fsp3) is 0.188.